The third-order valence-corrected chi connectivity index (χ3v) is 10.1. The van der Waals surface area contributed by atoms with Crippen molar-refractivity contribution in [2.45, 2.75) is 9.79 Å². The van der Waals surface area contributed by atoms with Gasteiger partial charge in [-0.2, -0.15) is 0 Å². The highest BCUT2D eigenvalue weighted by molar-refractivity contribution is 7.99. The third-order valence-electron chi connectivity index (χ3n) is 8.72. The predicted octanol–water partition coefficient (Wildman–Crippen LogP) is 14.9. The fraction of sp³-hybridized carbons (Fsp3) is 0. The van der Waals surface area contributed by atoms with Crippen LogP contribution in [-0.4, -0.2) is 4.98 Å². The van der Waals surface area contributed by atoms with Gasteiger partial charge in [0.25, 0.3) is 0 Å². The summed E-state index contributed by atoms with van der Waals surface area (Å²) in [7, 11) is 0. The molecule has 0 radical (unpaired) electrons. The Labute approximate surface area is 330 Å². The highest BCUT2D eigenvalue weighted by Gasteiger charge is 2.23. The first-order valence-corrected chi connectivity index (χ1v) is 19.1. The minimum absolute atomic E-state index is 0.603. The van der Waals surface area contributed by atoms with E-state index in [1.165, 1.54) is 0 Å². The van der Waals surface area contributed by atoms with Crippen LogP contribution in [0.25, 0.3) is 0 Å². The average molecular weight is 758 g/mol. The summed E-state index contributed by atoms with van der Waals surface area (Å²) < 4.78 is 0. The molecule has 54 heavy (non-hydrogen) atoms. The van der Waals surface area contributed by atoms with Crippen LogP contribution in [0.2, 0.25) is 10.0 Å². The molecule has 8 aromatic rings. The van der Waals surface area contributed by atoms with Crippen molar-refractivity contribution < 1.29 is 0 Å². The molecular formula is C47H34Cl2N4S. The van der Waals surface area contributed by atoms with Crippen LogP contribution >= 0.6 is 35.0 Å². The minimum Gasteiger partial charge on any atom is -0.310 e. The van der Waals surface area contributed by atoms with Crippen LogP contribution in [0, 0.1) is 0 Å². The van der Waals surface area contributed by atoms with Gasteiger partial charge in [0.15, 0.2) is 0 Å². The van der Waals surface area contributed by atoms with Gasteiger partial charge in [-0.15, -0.1) is 0 Å². The largest absolute Gasteiger partial charge is 0.310 e. The van der Waals surface area contributed by atoms with Gasteiger partial charge >= 0.3 is 0 Å². The SMILES string of the molecule is Clc1cc(Cl)cc(Sc2cccc(N(c3ccccc3)c3cc(N(c4ccccc4)c4ccccc4)nc(N(c4ccccc4)c4ccccc4)c3)c2)c1. The van der Waals surface area contributed by atoms with Crippen LogP contribution in [0.1, 0.15) is 0 Å². The first kappa shape index (κ1) is 35.1. The summed E-state index contributed by atoms with van der Waals surface area (Å²) in [6, 6.07) is 70.5. The zero-order valence-corrected chi connectivity index (χ0v) is 31.4. The lowest BCUT2D eigenvalue weighted by Crippen LogP contribution is -2.18. The van der Waals surface area contributed by atoms with Gasteiger partial charge in [0.2, 0.25) is 0 Å². The van der Waals surface area contributed by atoms with E-state index in [4.69, 9.17) is 28.2 Å². The van der Waals surface area contributed by atoms with E-state index in [0.29, 0.717) is 10.0 Å². The van der Waals surface area contributed by atoms with Crippen LogP contribution in [0.4, 0.5) is 51.4 Å². The molecule has 7 heteroatoms. The van der Waals surface area contributed by atoms with Gasteiger partial charge in [0.05, 0.1) is 5.69 Å². The van der Waals surface area contributed by atoms with Crippen molar-refractivity contribution in [2.24, 2.45) is 0 Å². The molecule has 0 N–H and O–H groups in total. The monoisotopic (exact) mass is 756 g/mol. The molecule has 0 spiro atoms. The maximum absolute atomic E-state index is 6.40. The zero-order chi connectivity index (χ0) is 36.7. The number of para-hydroxylation sites is 5. The maximum Gasteiger partial charge on any atom is 0.142 e. The lowest BCUT2D eigenvalue weighted by Gasteiger charge is -2.32. The Kier molecular flexibility index (Phi) is 10.6. The van der Waals surface area contributed by atoms with Crippen molar-refractivity contribution in [2.75, 3.05) is 14.7 Å². The van der Waals surface area contributed by atoms with E-state index >= 15 is 0 Å². The molecule has 4 nitrogen and oxygen atoms in total. The lowest BCUT2D eigenvalue weighted by molar-refractivity contribution is 1.12. The van der Waals surface area contributed by atoms with Crippen LogP contribution < -0.4 is 14.7 Å². The second-order valence-corrected chi connectivity index (χ2v) is 14.5. The first-order valence-electron chi connectivity index (χ1n) is 17.5. The van der Waals surface area contributed by atoms with E-state index in [2.05, 4.69) is 172 Å². The van der Waals surface area contributed by atoms with Crippen molar-refractivity contribution in [3.63, 3.8) is 0 Å². The summed E-state index contributed by atoms with van der Waals surface area (Å²) in [5.41, 5.74) is 6.91. The van der Waals surface area contributed by atoms with Crippen molar-refractivity contribution in [3.8, 4) is 0 Å². The van der Waals surface area contributed by atoms with Gasteiger partial charge in [0.1, 0.15) is 11.6 Å². The number of hydrogen-bond acceptors (Lipinski definition) is 5. The Morgan fingerprint density at radius 2 is 0.685 bits per heavy atom. The summed E-state index contributed by atoms with van der Waals surface area (Å²) in [5.74, 6) is 1.52. The molecule has 0 bridgehead atoms. The zero-order valence-electron chi connectivity index (χ0n) is 29.1. The Morgan fingerprint density at radius 3 is 1.09 bits per heavy atom. The molecule has 8 rings (SSSR count). The van der Waals surface area contributed by atoms with E-state index in [1.54, 1.807) is 17.8 Å². The van der Waals surface area contributed by atoms with Gasteiger partial charge in [-0.05, 0) is 97.1 Å². The molecule has 262 valence electrons. The van der Waals surface area contributed by atoms with Gasteiger partial charge in [-0.25, -0.2) is 4.98 Å². The number of rotatable bonds is 11. The molecule has 0 aliphatic rings. The number of benzene rings is 7. The van der Waals surface area contributed by atoms with Gasteiger partial charge in [0, 0.05) is 66.1 Å². The number of halogens is 2. The van der Waals surface area contributed by atoms with Crippen LogP contribution in [0.5, 0.6) is 0 Å². The average Bonchev–Trinajstić information content (AvgIpc) is 3.20. The fourth-order valence-electron chi connectivity index (χ4n) is 6.42. The highest BCUT2D eigenvalue weighted by atomic mass is 35.5. The summed E-state index contributed by atoms with van der Waals surface area (Å²) in [4.78, 5) is 14.2. The second kappa shape index (κ2) is 16.4. The molecule has 0 aliphatic heterocycles. The smallest absolute Gasteiger partial charge is 0.142 e. The van der Waals surface area contributed by atoms with Crippen molar-refractivity contribution in [1.29, 1.82) is 0 Å². The Morgan fingerprint density at radius 1 is 0.315 bits per heavy atom. The Balaban J connectivity index is 1.37. The van der Waals surface area contributed by atoms with E-state index in [0.717, 1.165) is 61.2 Å². The molecule has 0 saturated carbocycles. The molecule has 7 aromatic carbocycles. The molecule has 0 saturated heterocycles. The molecule has 0 aliphatic carbocycles. The molecule has 0 fully saturated rings. The van der Waals surface area contributed by atoms with E-state index in [9.17, 15) is 0 Å². The molecule has 0 amide bonds. The standard InChI is InChI=1S/C47H34Cl2N4S/c48-35-29-36(49)31-45(30-35)54-44-28-16-27-42(32-44)51(37-17-6-1-7-18-37)43-33-46(52(38-19-8-2-9-20-38)39-21-10-3-11-22-39)50-47(34-43)53(40-23-12-4-13-24-40)41-25-14-5-15-26-41/h1-34H. The molecule has 0 atom stereocenters. The van der Waals surface area contributed by atoms with Gasteiger partial charge in [-0.1, -0.05) is 132 Å². The van der Waals surface area contributed by atoms with E-state index < -0.39 is 0 Å². The minimum atomic E-state index is 0.603. The van der Waals surface area contributed by atoms with Gasteiger partial charge in [-0.3, -0.25) is 9.80 Å². The van der Waals surface area contributed by atoms with Crippen molar-refractivity contribution >= 4 is 86.4 Å². The first-order chi connectivity index (χ1) is 26.6. The van der Waals surface area contributed by atoms with E-state index in [-0.39, 0.29) is 0 Å². The predicted molar refractivity (Wildman–Crippen MR) is 229 cm³/mol. The Bertz CT molecular complexity index is 2250. The number of aromatic nitrogens is 1. The quantitative estimate of drug-likeness (QED) is 0.131. The topological polar surface area (TPSA) is 22.6 Å². The molecule has 0 unspecified atom stereocenters. The van der Waals surface area contributed by atoms with Crippen molar-refractivity contribution in [1.82, 2.24) is 4.98 Å². The maximum atomic E-state index is 6.40. The summed E-state index contributed by atoms with van der Waals surface area (Å²) in [6.07, 6.45) is 0. The van der Waals surface area contributed by atoms with E-state index in [1.807, 2.05) is 42.5 Å². The second-order valence-electron chi connectivity index (χ2n) is 12.4. The van der Waals surface area contributed by atoms with Crippen molar-refractivity contribution in [3.05, 3.63) is 216 Å². The summed E-state index contributed by atoms with van der Waals surface area (Å²) in [6.45, 7) is 0. The number of pyridine rings is 1. The Hall–Kier alpha value is -5.98. The summed E-state index contributed by atoms with van der Waals surface area (Å²) in [5, 5.41) is 1.21. The van der Waals surface area contributed by atoms with Gasteiger partial charge < -0.3 is 4.90 Å². The van der Waals surface area contributed by atoms with Crippen LogP contribution in [-0.2, 0) is 0 Å². The summed E-state index contributed by atoms with van der Waals surface area (Å²) >= 11 is 14.4. The normalized spacial score (nSPS) is 10.9. The molecule has 1 aromatic heterocycles. The van der Waals surface area contributed by atoms with Crippen LogP contribution in [0.15, 0.2) is 216 Å². The third kappa shape index (κ3) is 7.99. The highest BCUT2D eigenvalue weighted by Crippen LogP contribution is 2.45. The number of anilines is 9. The number of nitrogens with zero attached hydrogens (tertiary/aromatic N) is 4. The number of hydrogen-bond donors (Lipinski definition) is 0. The van der Waals surface area contributed by atoms with Crippen LogP contribution in [0.3, 0.4) is 0 Å². The molecular weight excluding hydrogens is 724 g/mol. The molecule has 1 heterocycles. The fourth-order valence-corrected chi connectivity index (χ4v) is 8.04. The lowest BCUT2D eigenvalue weighted by atomic mass is 10.1.